The number of carbonyl (C=O) groups is 2. The first kappa shape index (κ1) is 21.3. The molecule has 5 nitrogen and oxygen atoms in total. The van der Waals surface area contributed by atoms with E-state index in [0.29, 0.717) is 18.5 Å². The maximum absolute atomic E-state index is 14.5. The largest absolute Gasteiger partial charge is 0.341 e. The third kappa shape index (κ3) is 4.27. The number of carbonyl (C=O) groups excluding carboxylic acids is 2. The van der Waals surface area contributed by atoms with E-state index in [2.05, 4.69) is 0 Å². The van der Waals surface area contributed by atoms with Crippen molar-refractivity contribution in [3.8, 4) is 0 Å². The van der Waals surface area contributed by atoms with Crippen LogP contribution in [0.1, 0.15) is 24.4 Å². The lowest BCUT2D eigenvalue weighted by molar-refractivity contribution is -0.127. The van der Waals surface area contributed by atoms with E-state index in [1.165, 1.54) is 12.2 Å². The molecule has 164 valence electrons. The summed E-state index contributed by atoms with van der Waals surface area (Å²) in [4.78, 5) is 30.2. The highest BCUT2D eigenvalue weighted by molar-refractivity contribution is 5.79. The molecule has 31 heavy (non-hydrogen) atoms. The minimum Gasteiger partial charge on any atom is -0.341 e. The van der Waals surface area contributed by atoms with E-state index in [4.69, 9.17) is 0 Å². The number of benzene rings is 1. The van der Waals surface area contributed by atoms with Gasteiger partial charge in [0.1, 0.15) is 12.0 Å². The number of hydrogen-bond acceptors (Lipinski definition) is 2. The van der Waals surface area contributed by atoms with E-state index in [9.17, 15) is 18.4 Å². The molecule has 0 bridgehead atoms. The molecule has 0 aromatic heterocycles. The SMILES string of the molecule is CN(CC1CCC(=O)N1C)C(=O)N1CC(C2C=C(F)C=CC2F)=C[C@H]1c1ccccc1. The van der Waals surface area contributed by atoms with Crippen molar-refractivity contribution < 1.29 is 18.4 Å². The monoisotopic (exact) mass is 427 g/mol. The second kappa shape index (κ2) is 8.65. The average molecular weight is 427 g/mol. The number of alkyl halides is 1. The van der Waals surface area contributed by atoms with E-state index in [-0.39, 0.29) is 30.6 Å². The van der Waals surface area contributed by atoms with Gasteiger partial charge in [0.15, 0.2) is 0 Å². The summed E-state index contributed by atoms with van der Waals surface area (Å²) in [5.41, 5.74) is 1.61. The molecule has 4 rings (SSSR count). The molecule has 4 atom stereocenters. The molecule has 0 saturated carbocycles. The van der Waals surface area contributed by atoms with Gasteiger partial charge in [0.05, 0.1) is 6.04 Å². The summed E-state index contributed by atoms with van der Waals surface area (Å²) in [6.07, 6.45) is 5.43. The summed E-state index contributed by atoms with van der Waals surface area (Å²) in [5.74, 6) is -1.10. The van der Waals surface area contributed by atoms with Crippen molar-refractivity contribution in [3.05, 3.63) is 71.6 Å². The van der Waals surface area contributed by atoms with Crippen molar-refractivity contribution in [1.82, 2.24) is 14.7 Å². The van der Waals surface area contributed by atoms with Gasteiger partial charge in [0.2, 0.25) is 5.91 Å². The number of hydrogen-bond donors (Lipinski definition) is 0. The summed E-state index contributed by atoms with van der Waals surface area (Å²) in [6, 6.07) is 8.98. The zero-order valence-corrected chi connectivity index (χ0v) is 17.7. The van der Waals surface area contributed by atoms with Crippen molar-refractivity contribution in [2.45, 2.75) is 31.1 Å². The molecule has 1 aromatic rings. The van der Waals surface area contributed by atoms with Crippen molar-refractivity contribution in [2.24, 2.45) is 5.92 Å². The first-order valence-electron chi connectivity index (χ1n) is 10.6. The minimum absolute atomic E-state index is 0.0117. The molecule has 1 aliphatic carbocycles. The van der Waals surface area contributed by atoms with Gasteiger partial charge in [-0.05, 0) is 35.8 Å². The van der Waals surface area contributed by atoms with Crippen LogP contribution in [-0.4, -0.2) is 66.0 Å². The third-order valence-electron chi connectivity index (χ3n) is 6.44. The molecule has 0 radical (unpaired) electrons. The van der Waals surface area contributed by atoms with Gasteiger partial charge in [-0.1, -0.05) is 36.4 Å². The number of likely N-dealkylation sites (N-methyl/N-ethyl adjacent to an activating group) is 2. The highest BCUT2D eigenvalue weighted by Gasteiger charge is 2.38. The molecule has 3 amide bonds. The molecule has 1 fully saturated rings. The van der Waals surface area contributed by atoms with Gasteiger partial charge in [0.25, 0.3) is 0 Å². The second-order valence-corrected chi connectivity index (χ2v) is 8.47. The number of likely N-dealkylation sites (tertiary alicyclic amines) is 1. The Labute approximate surface area is 181 Å². The van der Waals surface area contributed by atoms with Crippen LogP contribution in [0.3, 0.4) is 0 Å². The van der Waals surface area contributed by atoms with Crippen LogP contribution in [0.5, 0.6) is 0 Å². The standard InChI is InChI=1S/C24H27F2N3O2/c1-27(15-19-9-11-23(30)28(19)2)24(31)29-14-17(20-13-18(25)8-10-21(20)26)12-22(29)16-6-4-3-5-7-16/h3-8,10,12-13,19-22H,9,11,14-15H2,1-2H3/t19?,20?,21?,22-/m0/s1. The van der Waals surface area contributed by atoms with Crippen LogP contribution in [0.25, 0.3) is 0 Å². The quantitative estimate of drug-likeness (QED) is 0.682. The first-order valence-corrected chi connectivity index (χ1v) is 10.6. The minimum atomic E-state index is -1.33. The van der Waals surface area contributed by atoms with Crippen molar-refractivity contribution in [3.63, 3.8) is 0 Å². The third-order valence-corrected chi connectivity index (χ3v) is 6.44. The zero-order chi connectivity index (χ0) is 22.1. The maximum atomic E-state index is 14.5. The molecule has 0 N–H and O–H groups in total. The molecule has 0 spiro atoms. The number of rotatable bonds is 4. The zero-order valence-electron chi connectivity index (χ0n) is 17.7. The summed E-state index contributed by atoms with van der Waals surface area (Å²) in [5, 5.41) is 0. The molecule has 2 heterocycles. The van der Waals surface area contributed by atoms with Crippen LogP contribution >= 0.6 is 0 Å². The lowest BCUT2D eigenvalue weighted by atomic mass is 9.90. The van der Waals surface area contributed by atoms with Gasteiger partial charge in [0, 0.05) is 45.6 Å². The molecule has 1 aromatic carbocycles. The molecular formula is C24H27F2N3O2. The van der Waals surface area contributed by atoms with Gasteiger partial charge >= 0.3 is 6.03 Å². The number of allylic oxidation sites excluding steroid dienone is 4. The highest BCUT2D eigenvalue weighted by Crippen LogP contribution is 2.38. The Balaban J connectivity index is 1.56. The van der Waals surface area contributed by atoms with Gasteiger partial charge in [-0.2, -0.15) is 0 Å². The Kier molecular flexibility index (Phi) is 5.94. The Morgan fingerprint density at radius 2 is 1.97 bits per heavy atom. The van der Waals surface area contributed by atoms with E-state index in [1.54, 1.807) is 28.8 Å². The topological polar surface area (TPSA) is 43.9 Å². The molecule has 3 unspecified atom stereocenters. The number of nitrogens with zero attached hydrogens (tertiary/aromatic N) is 3. The van der Waals surface area contributed by atoms with Crippen LogP contribution in [0, 0.1) is 5.92 Å². The predicted molar refractivity (Wildman–Crippen MR) is 115 cm³/mol. The van der Waals surface area contributed by atoms with Gasteiger partial charge in [-0.3, -0.25) is 4.79 Å². The van der Waals surface area contributed by atoms with Crippen LogP contribution in [0.4, 0.5) is 13.6 Å². The molecule has 1 saturated heterocycles. The number of urea groups is 1. The Morgan fingerprint density at radius 3 is 2.65 bits per heavy atom. The van der Waals surface area contributed by atoms with Gasteiger partial charge in [-0.25, -0.2) is 13.6 Å². The fourth-order valence-electron chi connectivity index (χ4n) is 4.60. The Bertz CT molecular complexity index is 943. The maximum Gasteiger partial charge on any atom is 0.320 e. The summed E-state index contributed by atoms with van der Waals surface area (Å²) < 4.78 is 28.4. The molecule has 3 aliphatic rings. The molecule has 7 heteroatoms. The van der Waals surface area contributed by atoms with Crippen LogP contribution in [0.2, 0.25) is 0 Å². The Morgan fingerprint density at radius 1 is 1.23 bits per heavy atom. The first-order chi connectivity index (χ1) is 14.8. The van der Waals surface area contributed by atoms with E-state index in [0.717, 1.165) is 18.1 Å². The van der Waals surface area contributed by atoms with Gasteiger partial charge < -0.3 is 14.7 Å². The second-order valence-electron chi connectivity index (χ2n) is 8.47. The van der Waals surface area contributed by atoms with Crippen LogP contribution in [0.15, 0.2) is 66.0 Å². The predicted octanol–water partition coefficient (Wildman–Crippen LogP) is 4.02. The normalized spacial score (nSPS) is 28.1. The molecular weight excluding hydrogens is 400 g/mol. The number of halogens is 2. The van der Waals surface area contributed by atoms with Crippen molar-refractivity contribution in [2.75, 3.05) is 27.2 Å². The summed E-state index contributed by atoms with van der Waals surface area (Å²) in [7, 11) is 3.49. The average Bonchev–Trinajstić information content (AvgIpc) is 3.35. The van der Waals surface area contributed by atoms with Crippen LogP contribution in [-0.2, 0) is 4.79 Å². The van der Waals surface area contributed by atoms with E-state index >= 15 is 0 Å². The Hall–Kier alpha value is -2.96. The molecule has 2 aliphatic heterocycles. The van der Waals surface area contributed by atoms with E-state index < -0.39 is 17.9 Å². The highest BCUT2D eigenvalue weighted by atomic mass is 19.1. The lowest BCUT2D eigenvalue weighted by Crippen LogP contribution is -2.46. The summed E-state index contributed by atoms with van der Waals surface area (Å²) in [6.45, 7) is 0.658. The van der Waals surface area contributed by atoms with Crippen molar-refractivity contribution in [1.29, 1.82) is 0 Å². The lowest BCUT2D eigenvalue weighted by Gasteiger charge is -2.33. The van der Waals surface area contributed by atoms with Crippen molar-refractivity contribution >= 4 is 11.9 Å². The smallest absolute Gasteiger partial charge is 0.320 e. The van der Waals surface area contributed by atoms with Gasteiger partial charge in [-0.15, -0.1) is 0 Å². The fraction of sp³-hybridized carbons (Fsp3) is 0.417. The van der Waals surface area contributed by atoms with Crippen LogP contribution < -0.4 is 0 Å². The summed E-state index contributed by atoms with van der Waals surface area (Å²) >= 11 is 0. The number of amides is 3. The fourth-order valence-corrected chi connectivity index (χ4v) is 4.60. The van der Waals surface area contributed by atoms with E-state index in [1.807, 2.05) is 36.4 Å².